The van der Waals surface area contributed by atoms with E-state index in [2.05, 4.69) is 0 Å². The SMILES string of the molecule is CCOc1cccc(N2C(=O)C(c3ccccc3)=C(N3CC(C)OC(C)C3)C2=O)c1. The maximum Gasteiger partial charge on any atom is 0.282 e. The van der Waals surface area contributed by atoms with Gasteiger partial charge in [-0.05, 0) is 38.5 Å². The van der Waals surface area contributed by atoms with Crippen LogP contribution in [0.1, 0.15) is 26.3 Å². The molecule has 0 aliphatic carbocycles. The Balaban J connectivity index is 1.79. The number of rotatable bonds is 5. The van der Waals surface area contributed by atoms with E-state index >= 15 is 0 Å². The Labute approximate surface area is 176 Å². The molecule has 0 spiro atoms. The van der Waals surface area contributed by atoms with Crippen LogP contribution in [-0.2, 0) is 14.3 Å². The molecule has 0 radical (unpaired) electrons. The highest BCUT2D eigenvalue weighted by Crippen LogP contribution is 2.36. The second kappa shape index (κ2) is 8.32. The fourth-order valence-corrected chi connectivity index (χ4v) is 4.15. The maximum atomic E-state index is 13.6. The van der Waals surface area contributed by atoms with Crippen molar-refractivity contribution in [2.45, 2.75) is 33.0 Å². The Hall–Kier alpha value is -3.12. The second-order valence-electron chi connectivity index (χ2n) is 7.63. The summed E-state index contributed by atoms with van der Waals surface area (Å²) in [5, 5.41) is 0. The third kappa shape index (κ3) is 3.71. The van der Waals surface area contributed by atoms with Crippen LogP contribution in [0.5, 0.6) is 5.75 Å². The van der Waals surface area contributed by atoms with Crippen LogP contribution >= 0.6 is 0 Å². The number of carbonyl (C=O) groups is 2. The van der Waals surface area contributed by atoms with E-state index in [0.29, 0.717) is 42.4 Å². The van der Waals surface area contributed by atoms with Crippen molar-refractivity contribution in [1.82, 2.24) is 4.90 Å². The van der Waals surface area contributed by atoms with E-state index in [1.807, 2.05) is 62.1 Å². The molecular formula is C24H26N2O4. The minimum absolute atomic E-state index is 0.0310. The lowest BCUT2D eigenvalue weighted by atomic mass is 10.0. The molecule has 0 aromatic heterocycles. The fourth-order valence-electron chi connectivity index (χ4n) is 4.15. The molecule has 1 fully saturated rings. The van der Waals surface area contributed by atoms with Gasteiger partial charge in [-0.15, -0.1) is 0 Å². The third-order valence-electron chi connectivity index (χ3n) is 5.24. The molecule has 4 rings (SSSR count). The molecule has 0 saturated carbocycles. The molecule has 2 aliphatic heterocycles. The molecule has 2 amide bonds. The van der Waals surface area contributed by atoms with E-state index in [9.17, 15) is 9.59 Å². The van der Waals surface area contributed by atoms with E-state index in [0.717, 1.165) is 5.56 Å². The molecule has 6 heteroatoms. The molecule has 30 heavy (non-hydrogen) atoms. The predicted molar refractivity (Wildman–Crippen MR) is 115 cm³/mol. The van der Waals surface area contributed by atoms with Crippen LogP contribution < -0.4 is 9.64 Å². The fraction of sp³-hybridized carbons (Fsp3) is 0.333. The number of hydrogen-bond acceptors (Lipinski definition) is 5. The maximum absolute atomic E-state index is 13.6. The summed E-state index contributed by atoms with van der Waals surface area (Å²) in [5.41, 5.74) is 2.12. The van der Waals surface area contributed by atoms with Crippen molar-refractivity contribution in [1.29, 1.82) is 0 Å². The van der Waals surface area contributed by atoms with Crippen LogP contribution in [0, 0.1) is 0 Å². The van der Waals surface area contributed by atoms with Crippen LogP contribution in [-0.4, -0.2) is 48.6 Å². The summed E-state index contributed by atoms with van der Waals surface area (Å²) >= 11 is 0. The van der Waals surface area contributed by atoms with Gasteiger partial charge in [-0.3, -0.25) is 9.59 Å². The van der Waals surface area contributed by atoms with Crippen molar-refractivity contribution >= 4 is 23.1 Å². The number of hydrogen-bond donors (Lipinski definition) is 0. The lowest BCUT2D eigenvalue weighted by Gasteiger charge is -2.37. The molecule has 2 atom stereocenters. The van der Waals surface area contributed by atoms with Gasteiger partial charge in [0.1, 0.15) is 11.4 Å². The minimum Gasteiger partial charge on any atom is -0.494 e. The van der Waals surface area contributed by atoms with Gasteiger partial charge in [0.2, 0.25) is 0 Å². The second-order valence-corrected chi connectivity index (χ2v) is 7.63. The summed E-state index contributed by atoms with van der Waals surface area (Å²) in [7, 11) is 0. The zero-order chi connectivity index (χ0) is 21.3. The number of anilines is 1. The van der Waals surface area contributed by atoms with E-state index < -0.39 is 0 Å². The number of carbonyl (C=O) groups excluding carboxylic acids is 2. The summed E-state index contributed by atoms with van der Waals surface area (Å²) in [5.74, 6) is -0.00521. The third-order valence-corrected chi connectivity index (χ3v) is 5.24. The first-order valence-corrected chi connectivity index (χ1v) is 10.3. The molecule has 2 aromatic carbocycles. The topological polar surface area (TPSA) is 59.1 Å². The molecule has 2 unspecified atom stereocenters. The predicted octanol–water partition coefficient (Wildman–Crippen LogP) is 3.48. The van der Waals surface area contributed by atoms with Crippen LogP contribution in [0.3, 0.4) is 0 Å². The lowest BCUT2D eigenvalue weighted by molar-refractivity contribution is -0.121. The molecule has 1 saturated heterocycles. The zero-order valence-electron chi connectivity index (χ0n) is 17.5. The van der Waals surface area contributed by atoms with Crippen molar-refractivity contribution in [3.8, 4) is 5.75 Å². The van der Waals surface area contributed by atoms with Crippen molar-refractivity contribution in [3.63, 3.8) is 0 Å². The number of ether oxygens (including phenoxy) is 2. The van der Waals surface area contributed by atoms with E-state index in [-0.39, 0.29) is 24.0 Å². The average Bonchev–Trinajstić information content (AvgIpc) is 2.98. The van der Waals surface area contributed by atoms with Gasteiger partial charge in [0, 0.05) is 19.2 Å². The first-order chi connectivity index (χ1) is 14.5. The molecule has 2 heterocycles. The molecule has 2 aromatic rings. The Morgan fingerprint density at radius 3 is 2.33 bits per heavy atom. The van der Waals surface area contributed by atoms with Gasteiger partial charge in [0.25, 0.3) is 11.8 Å². The highest BCUT2D eigenvalue weighted by atomic mass is 16.5. The summed E-state index contributed by atoms with van der Waals surface area (Å²) in [6.07, 6.45) is -0.0620. The van der Waals surface area contributed by atoms with E-state index in [1.54, 1.807) is 18.2 Å². The van der Waals surface area contributed by atoms with Crippen LogP contribution in [0.15, 0.2) is 60.3 Å². The molecule has 2 aliphatic rings. The van der Waals surface area contributed by atoms with E-state index in [1.165, 1.54) is 4.90 Å². The Kier molecular flexibility index (Phi) is 5.59. The highest BCUT2D eigenvalue weighted by Gasteiger charge is 2.43. The molecule has 6 nitrogen and oxygen atoms in total. The first kappa shape index (κ1) is 20.2. The van der Waals surface area contributed by atoms with Gasteiger partial charge in [-0.25, -0.2) is 4.90 Å². The normalized spacial score (nSPS) is 22.1. The van der Waals surface area contributed by atoms with Crippen molar-refractivity contribution in [2.24, 2.45) is 0 Å². The Bertz CT molecular complexity index is 976. The number of imide groups is 1. The monoisotopic (exact) mass is 406 g/mol. The van der Waals surface area contributed by atoms with Gasteiger partial charge in [0.05, 0.1) is 30.1 Å². The number of morpholine rings is 1. The molecule has 0 bridgehead atoms. The molecule has 156 valence electrons. The molecule has 0 N–H and O–H groups in total. The smallest absolute Gasteiger partial charge is 0.282 e. The van der Waals surface area contributed by atoms with E-state index in [4.69, 9.17) is 9.47 Å². The minimum atomic E-state index is -0.318. The summed E-state index contributed by atoms with van der Waals surface area (Å²) in [6.45, 7) is 7.48. The van der Waals surface area contributed by atoms with Gasteiger partial charge < -0.3 is 14.4 Å². The summed E-state index contributed by atoms with van der Waals surface area (Å²) < 4.78 is 11.4. The van der Waals surface area contributed by atoms with Crippen molar-refractivity contribution in [2.75, 3.05) is 24.6 Å². The zero-order valence-corrected chi connectivity index (χ0v) is 17.5. The lowest BCUT2D eigenvalue weighted by Crippen LogP contribution is -2.47. The molecular weight excluding hydrogens is 380 g/mol. The van der Waals surface area contributed by atoms with Gasteiger partial charge >= 0.3 is 0 Å². The quantitative estimate of drug-likeness (QED) is 0.712. The number of benzene rings is 2. The summed E-state index contributed by atoms with van der Waals surface area (Å²) in [6, 6.07) is 16.5. The standard InChI is InChI=1S/C24H26N2O4/c1-4-29-20-12-8-11-19(13-20)26-23(27)21(18-9-6-5-7-10-18)22(24(26)28)25-14-16(2)30-17(3)15-25/h5-13,16-17H,4,14-15H2,1-3H3. The van der Waals surface area contributed by atoms with Gasteiger partial charge in [-0.1, -0.05) is 36.4 Å². The number of amides is 2. The van der Waals surface area contributed by atoms with Crippen LogP contribution in [0.4, 0.5) is 5.69 Å². The largest absolute Gasteiger partial charge is 0.494 e. The van der Waals surface area contributed by atoms with Crippen LogP contribution in [0.25, 0.3) is 5.57 Å². The number of nitrogens with zero attached hydrogens (tertiary/aromatic N) is 2. The Morgan fingerprint density at radius 1 is 0.967 bits per heavy atom. The van der Waals surface area contributed by atoms with Gasteiger partial charge in [0.15, 0.2) is 0 Å². The highest BCUT2D eigenvalue weighted by molar-refractivity contribution is 6.45. The average molecular weight is 406 g/mol. The Morgan fingerprint density at radius 2 is 1.67 bits per heavy atom. The van der Waals surface area contributed by atoms with Gasteiger partial charge in [-0.2, -0.15) is 0 Å². The van der Waals surface area contributed by atoms with Crippen molar-refractivity contribution < 1.29 is 19.1 Å². The first-order valence-electron chi connectivity index (χ1n) is 10.3. The summed E-state index contributed by atoms with van der Waals surface area (Å²) in [4.78, 5) is 30.4. The van der Waals surface area contributed by atoms with Crippen LogP contribution in [0.2, 0.25) is 0 Å². The van der Waals surface area contributed by atoms with Crippen molar-refractivity contribution in [3.05, 3.63) is 65.9 Å².